The molecule has 1 amide bonds. The maximum atomic E-state index is 13.5. The molecule has 7 heteroatoms. The Kier molecular flexibility index (Phi) is 4.72. The van der Waals surface area contributed by atoms with Crippen LogP contribution in [-0.2, 0) is 11.2 Å². The van der Waals surface area contributed by atoms with Crippen molar-refractivity contribution in [3.8, 4) is 0 Å². The summed E-state index contributed by atoms with van der Waals surface area (Å²) < 4.78 is 26.6. The highest BCUT2D eigenvalue weighted by Gasteiger charge is 2.31. The van der Waals surface area contributed by atoms with E-state index in [1.807, 2.05) is 0 Å². The van der Waals surface area contributed by atoms with E-state index in [1.54, 1.807) is 0 Å². The summed E-state index contributed by atoms with van der Waals surface area (Å²) in [6.45, 7) is 0. The van der Waals surface area contributed by atoms with Crippen molar-refractivity contribution in [1.29, 1.82) is 0 Å². The van der Waals surface area contributed by atoms with Crippen LogP contribution in [0.3, 0.4) is 0 Å². The van der Waals surface area contributed by atoms with E-state index in [0.29, 0.717) is 6.42 Å². The summed E-state index contributed by atoms with van der Waals surface area (Å²) in [5.41, 5.74) is 5.59. The third-order valence-electron chi connectivity index (χ3n) is 3.74. The first-order valence-electron chi connectivity index (χ1n) is 6.72. The molecule has 114 valence electrons. The molecule has 1 aliphatic carbocycles. The number of hydrogen-bond acceptors (Lipinski definition) is 3. The van der Waals surface area contributed by atoms with Crippen molar-refractivity contribution in [2.75, 3.05) is 0 Å². The minimum atomic E-state index is -1.01. The molecule has 0 saturated heterocycles. The largest absolute Gasteiger partial charge is 0.409 e. The zero-order chi connectivity index (χ0) is 15.4. The minimum absolute atomic E-state index is 0.00541. The van der Waals surface area contributed by atoms with Gasteiger partial charge in [0.2, 0.25) is 5.91 Å². The fraction of sp³-hybridized carbons (Fsp3) is 0.429. The molecule has 0 aliphatic heterocycles. The van der Waals surface area contributed by atoms with Gasteiger partial charge in [0, 0.05) is 17.5 Å². The van der Waals surface area contributed by atoms with Crippen molar-refractivity contribution in [3.05, 3.63) is 35.4 Å². The molecule has 0 heterocycles. The van der Waals surface area contributed by atoms with E-state index >= 15 is 0 Å². The van der Waals surface area contributed by atoms with Gasteiger partial charge in [0.05, 0.1) is 6.42 Å². The van der Waals surface area contributed by atoms with Gasteiger partial charge >= 0.3 is 0 Å². The monoisotopic (exact) mass is 297 g/mol. The second-order valence-electron chi connectivity index (χ2n) is 5.13. The molecule has 4 N–H and O–H groups in total. The van der Waals surface area contributed by atoms with Crippen LogP contribution < -0.4 is 11.1 Å². The molecule has 1 aromatic rings. The van der Waals surface area contributed by atoms with Crippen LogP contribution in [0.5, 0.6) is 0 Å². The van der Waals surface area contributed by atoms with E-state index in [0.717, 1.165) is 18.9 Å². The lowest BCUT2D eigenvalue weighted by Gasteiger charge is -2.19. The molecular weight excluding hydrogens is 280 g/mol. The SMILES string of the molecule is N/C(=N/O)C1CCCC1NC(=O)Cc1cccc(F)c1F. The predicted octanol–water partition coefficient (Wildman–Crippen LogP) is 1.54. The Morgan fingerprint density at radius 1 is 1.43 bits per heavy atom. The number of nitrogens with zero attached hydrogens (tertiary/aromatic N) is 1. The van der Waals surface area contributed by atoms with Gasteiger partial charge in [0.25, 0.3) is 0 Å². The first-order valence-corrected chi connectivity index (χ1v) is 6.72. The average molecular weight is 297 g/mol. The number of carbonyl (C=O) groups is 1. The standard InChI is InChI=1S/C14H17F2N3O2/c15-10-5-1-3-8(13(10)16)7-12(20)18-11-6-2-4-9(11)14(17)19-21/h1,3,5,9,11,21H,2,4,6-7H2,(H2,17,19)(H,18,20). The van der Waals surface area contributed by atoms with Gasteiger partial charge in [-0.3, -0.25) is 4.79 Å². The summed E-state index contributed by atoms with van der Waals surface area (Å²) in [7, 11) is 0. The van der Waals surface area contributed by atoms with Crippen molar-refractivity contribution in [3.63, 3.8) is 0 Å². The highest BCUT2D eigenvalue weighted by atomic mass is 19.2. The number of rotatable bonds is 4. The second kappa shape index (κ2) is 6.51. The van der Waals surface area contributed by atoms with Gasteiger partial charge in [-0.1, -0.05) is 23.7 Å². The summed E-state index contributed by atoms with van der Waals surface area (Å²) in [5.74, 6) is -2.55. The first-order chi connectivity index (χ1) is 10.0. The van der Waals surface area contributed by atoms with Gasteiger partial charge in [0.15, 0.2) is 11.6 Å². The molecule has 2 atom stereocenters. The molecule has 0 radical (unpaired) electrons. The molecule has 1 aromatic carbocycles. The molecule has 0 spiro atoms. The van der Waals surface area contributed by atoms with E-state index in [9.17, 15) is 13.6 Å². The van der Waals surface area contributed by atoms with Crippen LogP contribution in [0.2, 0.25) is 0 Å². The van der Waals surface area contributed by atoms with Crippen LogP contribution in [0.4, 0.5) is 8.78 Å². The molecule has 2 unspecified atom stereocenters. The number of oxime groups is 1. The maximum absolute atomic E-state index is 13.5. The summed E-state index contributed by atoms with van der Waals surface area (Å²) in [4.78, 5) is 11.9. The quantitative estimate of drug-likeness (QED) is 0.341. The van der Waals surface area contributed by atoms with Crippen LogP contribution in [-0.4, -0.2) is 23.0 Å². The Morgan fingerprint density at radius 2 is 2.19 bits per heavy atom. The third kappa shape index (κ3) is 3.48. The van der Waals surface area contributed by atoms with Gasteiger partial charge in [-0.2, -0.15) is 0 Å². The topological polar surface area (TPSA) is 87.7 Å². The minimum Gasteiger partial charge on any atom is -0.409 e. The number of amides is 1. The highest BCUT2D eigenvalue weighted by Crippen LogP contribution is 2.26. The van der Waals surface area contributed by atoms with Gasteiger partial charge in [-0.15, -0.1) is 0 Å². The van der Waals surface area contributed by atoms with Crippen molar-refractivity contribution >= 4 is 11.7 Å². The molecule has 0 aromatic heterocycles. The van der Waals surface area contributed by atoms with Gasteiger partial charge < -0.3 is 16.3 Å². The number of carbonyl (C=O) groups excluding carboxylic acids is 1. The van der Waals surface area contributed by atoms with Crippen molar-refractivity contribution in [1.82, 2.24) is 5.32 Å². The zero-order valence-corrected chi connectivity index (χ0v) is 11.4. The molecular formula is C14H17F2N3O2. The Hall–Kier alpha value is -2.18. The number of halogens is 2. The van der Waals surface area contributed by atoms with E-state index in [1.165, 1.54) is 12.1 Å². The van der Waals surface area contributed by atoms with Crippen LogP contribution in [0.1, 0.15) is 24.8 Å². The summed E-state index contributed by atoms with van der Waals surface area (Å²) >= 11 is 0. The van der Waals surface area contributed by atoms with E-state index < -0.39 is 17.5 Å². The van der Waals surface area contributed by atoms with Crippen LogP contribution in [0.25, 0.3) is 0 Å². The van der Waals surface area contributed by atoms with Crippen molar-refractivity contribution < 1.29 is 18.8 Å². The Balaban J connectivity index is 2.00. The number of hydrogen-bond donors (Lipinski definition) is 3. The van der Waals surface area contributed by atoms with Gasteiger partial charge in [-0.05, 0) is 18.9 Å². The van der Waals surface area contributed by atoms with E-state index in [2.05, 4.69) is 10.5 Å². The number of benzene rings is 1. The van der Waals surface area contributed by atoms with E-state index in [-0.39, 0.29) is 29.8 Å². The lowest BCUT2D eigenvalue weighted by Crippen LogP contribution is -2.43. The molecule has 1 fully saturated rings. The molecule has 0 bridgehead atoms. The zero-order valence-electron chi connectivity index (χ0n) is 11.4. The lowest BCUT2D eigenvalue weighted by atomic mass is 10.0. The number of nitrogens with two attached hydrogens (primary N) is 1. The fourth-order valence-electron chi connectivity index (χ4n) is 2.68. The smallest absolute Gasteiger partial charge is 0.224 e. The normalized spacial score (nSPS) is 22.3. The van der Waals surface area contributed by atoms with Crippen LogP contribution in [0.15, 0.2) is 23.4 Å². The maximum Gasteiger partial charge on any atom is 0.224 e. The Morgan fingerprint density at radius 3 is 2.90 bits per heavy atom. The fourth-order valence-corrected chi connectivity index (χ4v) is 2.68. The molecule has 1 saturated carbocycles. The third-order valence-corrected chi connectivity index (χ3v) is 3.74. The van der Waals surface area contributed by atoms with Gasteiger partial charge in [-0.25, -0.2) is 8.78 Å². The summed E-state index contributed by atoms with van der Waals surface area (Å²) in [6, 6.07) is 3.48. The molecule has 2 rings (SSSR count). The van der Waals surface area contributed by atoms with Crippen LogP contribution in [0, 0.1) is 17.6 Å². The second-order valence-corrected chi connectivity index (χ2v) is 5.13. The molecule has 5 nitrogen and oxygen atoms in total. The Labute approximate surface area is 120 Å². The van der Waals surface area contributed by atoms with Gasteiger partial charge in [0.1, 0.15) is 5.84 Å². The van der Waals surface area contributed by atoms with Crippen LogP contribution >= 0.6 is 0 Å². The van der Waals surface area contributed by atoms with Crippen molar-refractivity contribution in [2.24, 2.45) is 16.8 Å². The summed E-state index contributed by atoms with van der Waals surface area (Å²) in [6.07, 6.45) is 2.02. The Bertz CT molecular complexity index is 563. The average Bonchev–Trinajstić information content (AvgIpc) is 2.91. The lowest BCUT2D eigenvalue weighted by molar-refractivity contribution is -0.121. The highest BCUT2D eigenvalue weighted by molar-refractivity contribution is 5.85. The van der Waals surface area contributed by atoms with E-state index in [4.69, 9.17) is 10.9 Å². The number of nitrogens with one attached hydrogen (secondary N) is 1. The summed E-state index contributed by atoms with van der Waals surface area (Å²) in [5, 5.41) is 14.4. The number of amidine groups is 1. The van der Waals surface area contributed by atoms with Crippen molar-refractivity contribution in [2.45, 2.75) is 31.7 Å². The first kappa shape index (κ1) is 15.2. The molecule has 1 aliphatic rings. The predicted molar refractivity (Wildman–Crippen MR) is 72.7 cm³/mol. The molecule has 21 heavy (non-hydrogen) atoms.